The minimum absolute atomic E-state index is 0.523. The molecule has 0 aromatic heterocycles. The first-order valence-corrected chi connectivity index (χ1v) is 6.23. The topological polar surface area (TPSA) is 15.3 Å². The van der Waals surface area contributed by atoms with Gasteiger partial charge in [0, 0.05) is 30.2 Å². The summed E-state index contributed by atoms with van der Waals surface area (Å²) in [5, 5.41) is 4.40. The molecule has 2 atom stereocenters. The van der Waals surface area contributed by atoms with Gasteiger partial charge in [0.2, 0.25) is 0 Å². The Kier molecular flexibility index (Phi) is 3.85. The highest BCUT2D eigenvalue weighted by Gasteiger charge is 2.25. The highest BCUT2D eigenvalue weighted by molar-refractivity contribution is 6.31. The van der Waals surface area contributed by atoms with Crippen LogP contribution in [0, 0.1) is 0 Å². The van der Waals surface area contributed by atoms with Gasteiger partial charge in [-0.25, -0.2) is 0 Å². The summed E-state index contributed by atoms with van der Waals surface area (Å²) < 4.78 is 0. The lowest BCUT2D eigenvalue weighted by Crippen LogP contribution is -2.55. The van der Waals surface area contributed by atoms with Gasteiger partial charge < -0.3 is 10.2 Å². The second-order valence-electron chi connectivity index (χ2n) is 4.59. The largest absolute Gasteiger partial charge is 0.311 e. The molecule has 1 N–H and O–H groups in total. The second-order valence-corrected chi connectivity index (χ2v) is 4.99. The number of hydrogen-bond acceptors (Lipinski definition) is 2. The summed E-state index contributed by atoms with van der Waals surface area (Å²) in [5.41, 5.74) is 1.25. The van der Waals surface area contributed by atoms with Crippen molar-refractivity contribution >= 4 is 11.6 Å². The fourth-order valence-electron chi connectivity index (χ4n) is 2.37. The molecule has 1 aromatic rings. The number of rotatable bonds is 2. The molecule has 0 amide bonds. The molecule has 0 radical (unpaired) electrons. The molecule has 0 aliphatic carbocycles. The van der Waals surface area contributed by atoms with Crippen LogP contribution >= 0.6 is 11.6 Å². The van der Waals surface area contributed by atoms with E-state index in [1.165, 1.54) is 5.56 Å². The zero-order valence-corrected chi connectivity index (χ0v) is 10.7. The van der Waals surface area contributed by atoms with Gasteiger partial charge in [0.15, 0.2) is 0 Å². The molecular weight excluding hydrogens is 220 g/mol. The van der Waals surface area contributed by atoms with Crippen LogP contribution < -0.4 is 5.32 Å². The average Bonchev–Trinajstić information content (AvgIpc) is 2.26. The fraction of sp³-hybridized carbons (Fsp3) is 0.538. The van der Waals surface area contributed by atoms with E-state index >= 15 is 0 Å². The predicted molar refractivity (Wildman–Crippen MR) is 69.0 cm³/mol. The molecule has 0 bridgehead atoms. The highest BCUT2D eigenvalue weighted by Crippen LogP contribution is 2.20. The van der Waals surface area contributed by atoms with Crippen molar-refractivity contribution in [2.75, 3.05) is 20.1 Å². The molecule has 2 unspecified atom stereocenters. The minimum atomic E-state index is 0.523. The van der Waals surface area contributed by atoms with Crippen molar-refractivity contribution in [3.8, 4) is 0 Å². The number of piperazine rings is 1. The van der Waals surface area contributed by atoms with E-state index in [2.05, 4.69) is 36.3 Å². The number of hydrogen-bond donors (Lipinski definition) is 1. The fourth-order valence-corrected chi connectivity index (χ4v) is 2.59. The van der Waals surface area contributed by atoms with Gasteiger partial charge in [-0.2, -0.15) is 0 Å². The van der Waals surface area contributed by atoms with Crippen LogP contribution in [0.4, 0.5) is 0 Å². The van der Waals surface area contributed by atoms with Gasteiger partial charge in [0.25, 0.3) is 0 Å². The Morgan fingerprint density at radius 3 is 2.88 bits per heavy atom. The Labute approximate surface area is 103 Å². The molecule has 2 rings (SSSR count). The SMILES string of the molecule is CC1NCCN(C)C1Cc1ccccc1Cl. The van der Waals surface area contributed by atoms with E-state index in [4.69, 9.17) is 11.6 Å². The molecular formula is C13H19ClN2. The molecule has 2 nitrogen and oxygen atoms in total. The molecule has 88 valence electrons. The van der Waals surface area contributed by atoms with Crippen LogP contribution in [-0.2, 0) is 6.42 Å². The number of nitrogens with one attached hydrogen (secondary N) is 1. The number of nitrogens with zero attached hydrogens (tertiary/aromatic N) is 1. The van der Waals surface area contributed by atoms with E-state index in [-0.39, 0.29) is 0 Å². The van der Waals surface area contributed by atoms with Gasteiger partial charge in [-0.05, 0) is 32.0 Å². The van der Waals surface area contributed by atoms with E-state index in [9.17, 15) is 0 Å². The maximum atomic E-state index is 6.20. The monoisotopic (exact) mass is 238 g/mol. The van der Waals surface area contributed by atoms with Crippen LogP contribution in [0.15, 0.2) is 24.3 Å². The van der Waals surface area contributed by atoms with Gasteiger partial charge in [-0.3, -0.25) is 0 Å². The molecule has 1 aromatic carbocycles. The van der Waals surface area contributed by atoms with E-state index in [0.29, 0.717) is 12.1 Å². The highest BCUT2D eigenvalue weighted by atomic mass is 35.5. The molecule has 1 fully saturated rings. The van der Waals surface area contributed by atoms with E-state index in [1.54, 1.807) is 0 Å². The summed E-state index contributed by atoms with van der Waals surface area (Å²) in [5.74, 6) is 0. The lowest BCUT2D eigenvalue weighted by atomic mass is 9.97. The third kappa shape index (κ3) is 2.57. The Morgan fingerprint density at radius 2 is 2.19 bits per heavy atom. The Morgan fingerprint density at radius 1 is 1.44 bits per heavy atom. The molecule has 3 heteroatoms. The first kappa shape index (κ1) is 11.9. The maximum Gasteiger partial charge on any atom is 0.0438 e. The normalized spacial score (nSPS) is 26.9. The first-order valence-electron chi connectivity index (χ1n) is 5.85. The minimum Gasteiger partial charge on any atom is -0.311 e. The molecule has 0 saturated carbocycles. The van der Waals surface area contributed by atoms with Crippen molar-refractivity contribution in [1.29, 1.82) is 0 Å². The Bertz CT molecular complexity index is 344. The average molecular weight is 239 g/mol. The van der Waals surface area contributed by atoms with Crippen LogP contribution in [0.3, 0.4) is 0 Å². The van der Waals surface area contributed by atoms with Gasteiger partial charge in [-0.1, -0.05) is 29.8 Å². The van der Waals surface area contributed by atoms with Crippen LogP contribution in [-0.4, -0.2) is 37.1 Å². The molecule has 16 heavy (non-hydrogen) atoms. The van der Waals surface area contributed by atoms with Crippen molar-refractivity contribution in [1.82, 2.24) is 10.2 Å². The molecule has 0 spiro atoms. The van der Waals surface area contributed by atoms with Crippen LogP contribution in [0.1, 0.15) is 12.5 Å². The van der Waals surface area contributed by atoms with Crippen molar-refractivity contribution in [2.24, 2.45) is 0 Å². The second kappa shape index (κ2) is 5.17. The third-order valence-electron chi connectivity index (χ3n) is 3.46. The smallest absolute Gasteiger partial charge is 0.0438 e. The van der Waals surface area contributed by atoms with Crippen molar-refractivity contribution < 1.29 is 0 Å². The van der Waals surface area contributed by atoms with Crippen molar-refractivity contribution in [3.63, 3.8) is 0 Å². The number of likely N-dealkylation sites (N-methyl/N-ethyl adjacent to an activating group) is 1. The summed E-state index contributed by atoms with van der Waals surface area (Å²) in [6.07, 6.45) is 1.02. The van der Waals surface area contributed by atoms with Gasteiger partial charge in [0.05, 0.1) is 0 Å². The quantitative estimate of drug-likeness (QED) is 0.850. The van der Waals surface area contributed by atoms with Crippen molar-refractivity contribution in [3.05, 3.63) is 34.9 Å². The van der Waals surface area contributed by atoms with Crippen LogP contribution in [0.2, 0.25) is 5.02 Å². The number of halogens is 1. The Hall–Kier alpha value is -0.570. The predicted octanol–water partition coefficient (Wildman–Crippen LogP) is 2.17. The maximum absolute atomic E-state index is 6.20. The first-order chi connectivity index (χ1) is 7.68. The lowest BCUT2D eigenvalue weighted by Gasteiger charge is -2.38. The molecule has 1 aliphatic rings. The lowest BCUT2D eigenvalue weighted by molar-refractivity contribution is 0.157. The zero-order chi connectivity index (χ0) is 11.5. The summed E-state index contributed by atoms with van der Waals surface area (Å²) in [4.78, 5) is 2.42. The van der Waals surface area contributed by atoms with Gasteiger partial charge in [-0.15, -0.1) is 0 Å². The number of benzene rings is 1. The summed E-state index contributed by atoms with van der Waals surface area (Å²) in [7, 11) is 2.19. The van der Waals surface area contributed by atoms with E-state index in [0.717, 1.165) is 24.5 Å². The van der Waals surface area contributed by atoms with Crippen LogP contribution in [0.25, 0.3) is 0 Å². The Balaban J connectivity index is 2.11. The van der Waals surface area contributed by atoms with Gasteiger partial charge >= 0.3 is 0 Å². The van der Waals surface area contributed by atoms with E-state index in [1.807, 2.05) is 12.1 Å². The zero-order valence-electron chi connectivity index (χ0n) is 9.91. The third-order valence-corrected chi connectivity index (χ3v) is 3.83. The standard InChI is InChI=1S/C13H19ClN2/c1-10-13(16(2)8-7-15-10)9-11-5-3-4-6-12(11)14/h3-6,10,13,15H,7-9H2,1-2H3. The van der Waals surface area contributed by atoms with Crippen LogP contribution in [0.5, 0.6) is 0 Å². The summed E-state index contributed by atoms with van der Waals surface area (Å²) in [6.45, 7) is 4.44. The molecule has 1 saturated heterocycles. The molecule has 1 aliphatic heterocycles. The summed E-state index contributed by atoms with van der Waals surface area (Å²) in [6, 6.07) is 9.19. The summed E-state index contributed by atoms with van der Waals surface area (Å²) >= 11 is 6.20. The van der Waals surface area contributed by atoms with Crippen molar-refractivity contribution in [2.45, 2.75) is 25.4 Å². The van der Waals surface area contributed by atoms with Gasteiger partial charge in [0.1, 0.15) is 0 Å². The molecule has 1 heterocycles. The van der Waals surface area contributed by atoms with E-state index < -0.39 is 0 Å².